The van der Waals surface area contributed by atoms with Gasteiger partial charge in [0, 0.05) is 19.1 Å². The van der Waals surface area contributed by atoms with Crippen molar-refractivity contribution in [3.63, 3.8) is 0 Å². The number of aliphatic carboxylic acids is 1. The normalized spacial score (nSPS) is 20.1. The van der Waals surface area contributed by atoms with E-state index < -0.39 is 5.97 Å². The van der Waals surface area contributed by atoms with Gasteiger partial charge in [-0.2, -0.15) is 0 Å². The third-order valence-electron chi connectivity index (χ3n) is 2.81. The third-order valence-corrected chi connectivity index (χ3v) is 2.81. The van der Waals surface area contributed by atoms with Crippen LogP contribution < -0.4 is 5.32 Å². The molecular weight excluding hydrogens is 224 g/mol. The summed E-state index contributed by atoms with van der Waals surface area (Å²) in [5.74, 6) is -0.999. The molecule has 1 aliphatic heterocycles. The minimum absolute atomic E-state index is 0.0869. The second-order valence-corrected chi connectivity index (χ2v) is 4.22. The molecule has 1 atom stereocenters. The molecular formula is C11H20N2O4. The summed E-state index contributed by atoms with van der Waals surface area (Å²) in [5.41, 5.74) is 0. The fraction of sp³-hybridized carbons (Fsp3) is 0.818. The molecule has 98 valence electrons. The summed E-state index contributed by atoms with van der Waals surface area (Å²) >= 11 is 0. The minimum atomic E-state index is -0.999. The van der Waals surface area contributed by atoms with Crippen LogP contribution in [0.25, 0.3) is 0 Å². The molecule has 0 aromatic rings. The lowest BCUT2D eigenvalue weighted by Crippen LogP contribution is -2.48. The number of likely N-dealkylation sites (tertiary alicyclic amines) is 1. The van der Waals surface area contributed by atoms with Crippen LogP contribution in [0, 0.1) is 0 Å². The van der Waals surface area contributed by atoms with Gasteiger partial charge in [-0.3, -0.25) is 0 Å². The number of piperidine rings is 1. The Bertz CT molecular complexity index is 270. The molecule has 1 fully saturated rings. The molecule has 6 heteroatoms. The second kappa shape index (κ2) is 7.11. The number of carboxylic acid groups (broad SMARTS) is 1. The topological polar surface area (TPSA) is 78.9 Å². The molecule has 1 rings (SSSR count). The van der Waals surface area contributed by atoms with Gasteiger partial charge in [0.15, 0.2) is 0 Å². The molecule has 0 saturated carbocycles. The van der Waals surface area contributed by atoms with E-state index in [1.807, 2.05) is 11.8 Å². The summed E-state index contributed by atoms with van der Waals surface area (Å²) in [6, 6.07) is 0.194. The summed E-state index contributed by atoms with van der Waals surface area (Å²) in [6.07, 6.45) is 3.27. The fourth-order valence-corrected chi connectivity index (χ4v) is 1.89. The number of nitrogens with one attached hydrogen (secondary N) is 1. The van der Waals surface area contributed by atoms with E-state index in [1.165, 1.54) is 6.42 Å². The molecule has 0 aliphatic carbocycles. The highest BCUT2D eigenvalue weighted by Crippen LogP contribution is 2.15. The molecule has 0 aromatic heterocycles. The number of carbonyl (C=O) groups is 2. The first-order valence-electron chi connectivity index (χ1n) is 5.95. The van der Waals surface area contributed by atoms with Crippen molar-refractivity contribution in [1.29, 1.82) is 0 Å². The second-order valence-electron chi connectivity index (χ2n) is 4.22. The summed E-state index contributed by atoms with van der Waals surface area (Å²) in [5, 5.41) is 11.1. The van der Waals surface area contributed by atoms with E-state index in [1.54, 1.807) is 0 Å². The molecule has 0 bridgehead atoms. The molecule has 1 unspecified atom stereocenters. The summed E-state index contributed by atoms with van der Waals surface area (Å²) < 4.78 is 4.83. The molecule has 6 nitrogen and oxygen atoms in total. The van der Waals surface area contributed by atoms with Crippen LogP contribution in [0.5, 0.6) is 0 Å². The van der Waals surface area contributed by atoms with Gasteiger partial charge < -0.3 is 20.1 Å². The lowest BCUT2D eigenvalue weighted by molar-refractivity contribution is -0.142. The van der Waals surface area contributed by atoms with Crippen LogP contribution in [0.2, 0.25) is 0 Å². The van der Waals surface area contributed by atoms with Crippen molar-refractivity contribution in [2.24, 2.45) is 0 Å². The number of nitrogens with zero attached hydrogens (tertiary/aromatic N) is 1. The van der Waals surface area contributed by atoms with Crippen LogP contribution in [0.3, 0.4) is 0 Å². The molecule has 17 heavy (non-hydrogen) atoms. The number of hydrogen-bond donors (Lipinski definition) is 2. The monoisotopic (exact) mass is 244 g/mol. The lowest BCUT2D eigenvalue weighted by Gasteiger charge is -2.33. The summed E-state index contributed by atoms with van der Waals surface area (Å²) in [4.78, 5) is 23.7. The number of hydrogen-bond acceptors (Lipinski definition) is 3. The number of urea groups is 1. The minimum Gasteiger partial charge on any atom is -0.480 e. The molecule has 1 aliphatic rings. The maximum absolute atomic E-state index is 11.7. The number of amides is 2. The van der Waals surface area contributed by atoms with Gasteiger partial charge in [0.25, 0.3) is 0 Å². The predicted octanol–water partition coefficient (Wildman–Crippen LogP) is 0.672. The highest BCUT2D eigenvalue weighted by atomic mass is 16.5. The van der Waals surface area contributed by atoms with Crippen molar-refractivity contribution in [1.82, 2.24) is 10.2 Å². The van der Waals surface area contributed by atoms with Crippen molar-refractivity contribution >= 4 is 12.0 Å². The standard InChI is InChI=1S/C11H20N2O4/c1-9-4-2-3-6-13(9)11(16)12-5-7-17-8-10(14)15/h9H,2-8H2,1H3,(H,12,16)(H,14,15). The van der Waals surface area contributed by atoms with E-state index in [4.69, 9.17) is 9.84 Å². The lowest BCUT2D eigenvalue weighted by atomic mass is 10.0. The highest BCUT2D eigenvalue weighted by Gasteiger charge is 2.22. The van der Waals surface area contributed by atoms with Crippen LogP contribution in [-0.2, 0) is 9.53 Å². The Kier molecular flexibility index (Phi) is 5.76. The maximum Gasteiger partial charge on any atom is 0.329 e. The summed E-state index contributed by atoms with van der Waals surface area (Å²) in [7, 11) is 0. The van der Waals surface area contributed by atoms with Crippen LogP contribution >= 0.6 is 0 Å². The number of rotatable bonds is 5. The molecule has 1 saturated heterocycles. The molecule has 2 N–H and O–H groups in total. The van der Waals surface area contributed by atoms with Crippen molar-refractivity contribution in [2.45, 2.75) is 32.2 Å². The molecule has 0 spiro atoms. The third kappa shape index (κ3) is 5.04. The zero-order valence-corrected chi connectivity index (χ0v) is 10.1. The number of carbonyl (C=O) groups excluding carboxylic acids is 1. The molecule has 2 amide bonds. The smallest absolute Gasteiger partial charge is 0.329 e. The average Bonchev–Trinajstić information content (AvgIpc) is 2.28. The first-order valence-corrected chi connectivity index (χ1v) is 5.95. The van der Waals surface area contributed by atoms with E-state index in [0.717, 1.165) is 19.4 Å². The Morgan fingerprint density at radius 2 is 2.24 bits per heavy atom. The molecule has 1 heterocycles. The molecule has 0 aromatic carbocycles. The number of ether oxygens (including phenoxy) is 1. The van der Waals surface area contributed by atoms with Crippen molar-refractivity contribution in [2.75, 3.05) is 26.3 Å². The summed E-state index contributed by atoms with van der Waals surface area (Å²) in [6.45, 7) is 3.08. The van der Waals surface area contributed by atoms with Gasteiger partial charge in [0.1, 0.15) is 6.61 Å². The van der Waals surface area contributed by atoms with Crippen molar-refractivity contribution in [3.8, 4) is 0 Å². The van der Waals surface area contributed by atoms with Gasteiger partial charge in [-0.05, 0) is 26.2 Å². The van der Waals surface area contributed by atoms with E-state index in [0.29, 0.717) is 6.54 Å². The van der Waals surface area contributed by atoms with Crippen LogP contribution in [0.1, 0.15) is 26.2 Å². The largest absolute Gasteiger partial charge is 0.480 e. The average molecular weight is 244 g/mol. The van der Waals surface area contributed by atoms with Gasteiger partial charge in [0.05, 0.1) is 6.61 Å². The van der Waals surface area contributed by atoms with Crippen LogP contribution in [0.4, 0.5) is 4.79 Å². The highest BCUT2D eigenvalue weighted by molar-refractivity contribution is 5.74. The van der Waals surface area contributed by atoms with E-state index in [2.05, 4.69) is 5.32 Å². The van der Waals surface area contributed by atoms with Gasteiger partial charge in [-0.1, -0.05) is 0 Å². The SMILES string of the molecule is CC1CCCCN1C(=O)NCCOCC(=O)O. The fourth-order valence-electron chi connectivity index (χ4n) is 1.89. The van der Waals surface area contributed by atoms with Crippen LogP contribution in [-0.4, -0.2) is 54.4 Å². The first-order chi connectivity index (χ1) is 8.11. The van der Waals surface area contributed by atoms with E-state index in [-0.39, 0.29) is 25.3 Å². The van der Waals surface area contributed by atoms with Gasteiger partial charge >= 0.3 is 12.0 Å². The van der Waals surface area contributed by atoms with E-state index in [9.17, 15) is 9.59 Å². The van der Waals surface area contributed by atoms with Gasteiger partial charge in [-0.25, -0.2) is 9.59 Å². The quantitative estimate of drug-likeness (QED) is 0.697. The van der Waals surface area contributed by atoms with Gasteiger partial charge in [0.2, 0.25) is 0 Å². The number of carboxylic acids is 1. The van der Waals surface area contributed by atoms with Crippen molar-refractivity contribution in [3.05, 3.63) is 0 Å². The Morgan fingerprint density at radius 1 is 1.47 bits per heavy atom. The Labute approximate surface area is 101 Å². The Hall–Kier alpha value is -1.30. The van der Waals surface area contributed by atoms with Gasteiger partial charge in [-0.15, -0.1) is 0 Å². The zero-order chi connectivity index (χ0) is 12.7. The van der Waals surface area contributed by atoms with E-state index >= 15 is 0 Å². The maximum atomic E-state index is 11.7. The predicted molar refractivity (Wildman–Crippen MR) is 61.9 cm³/mol. The zero-order valence-electron chi connectivity index (χ0n) is 10.1. The van der Waals surface area contributed by atoms with Crippen molar-refractivity contribution < 1.29 is 19.4 Å². The Balaban J connectivity index is 2.13. The molecule has 0 radical (unpaired) electrons. The van der Waals surface area contributed by atoms with Crippen LogP contribution in [0.15, 0.2) is 0 Å². The Morgan fingerprint density at radius 3 is 2.88 bits per heavy atom. The first kappa shape index (κ1) is 13.8.